The van der Waals surface area contributed by atoms with Crippen molar-refractivity contribution in [3.05, 3.63) is 65.5 Å². The van der Waals surface area contributed by atoms with E-state index in [4.69, 9.17) is 4.74 Å². The van der Waals surface area contributed by atoms with E-state index >= 15 is 0 Å². The van der Waals surface area contributed by atoms with Crippen molar-refractivity contribution in [1.29, 1.82) is 0 Å². The summed E-state index contributed by atoms with van der Waals surface area (Å²) in [5, 5.41) is 11.9. The van der Waals surface area contributed by atoms with E-state index in [1.54, 1.807) is 49.4 Å². The quantitative estimate of drug-likeness (QED) is 0.914. The Labute approximate surface area is 133 Å². The predicted octanol–water partition coefficient (Wildman–Crippen LogP) is 3.23. The van der Waals surface area contributed by atoms with Crippen molar-refractivity contribution in [1.82, 2.24) is 0 Å². The van der Waals surface area contributed by atoms with Crippen molar-refractivity contribution >= 4 is 17.7 Å². The van der Waals surface area contributed by atoms with Crippen LogP contribution >= 0.6 is 0 Å². The van der Waals surface area contributed by atoms with Gasteiger partial charge in [0.15, 0.2) is 0 Å². The molecule has 1 heterocycles. The third-order valence-corrected chi connectivity index (χ3v) is 3.66. The molecule has 4 nitrogen and oxygen atoms in total. The number of carbonyl (C=O) groups is 1. The SMILES string of the molecule is CC1(CO)C=Cc2cc(NC(=O)c3ccccc3)c(F)cc2O1. The van der Waals surface area contributed by atoms with Crippen LogP contribution in [0.1, 0.15) is 22.8 Å². The number of hydrogen-bond donors (Lipinski definition) is 2. The highest BCUT2D eigenvalue weighted by molar-refractivity contribution is 6.04. The molecule has 2 N–H and O–H groups in total. The largest absolute Gasteiger partial charge is 0.480 e. The van der Waals surface area contributed by atoms with Gasteiger partial charge in [-0.25, -0.2) is 4.39 Å². The zero-order valence-electron chi connectivity index (χ0n) is 12.5. The number of fused-ring (bicyclic) bond motifs is 1. The number of benzene rings is 2. The lowest BCUT2D eigenvalue weighted by Crippen LogP contribution is -2.35. The van der Waals surface area contributed by atoms with Gasteiger partial charge < -0.3 is 15.2 Å². The summed E-state index contributed by atoms with van der Waals surface area (Å²) in [5.41, 5.74) is 0.303. The molecule has 0 spiro atoms. The Morgan fingerprint density at radius 1 is 1.30 bits per heavy atom. The lowest BCUT2D eigenvalue weighted by molar-refractivity contribution is 0.0638. The summed E-state index contributed by atoms with van der Waals surface area (Å²) < 4.78 is 19.8. The molecule has 23 heavy (non-hydrogen) atoms. The zero-order valence-corrected chi connectivity index (χ0v) is 12.5. The smallest absolute Gasteiger partial charge is 0.255 e. The minimum absolute atomic E-state index is 0.0819. The number of rotatable bonds is 3. The summed E-state index contributed by atoms with van der Waals surface area (Å²) in [6, 6.07) is 11.3. The second-order valence-electron chi connectivity index (χ2n) is 5.60. The van der Waals surface area contributed by atoms with Crippen LogP contribution in [0.3, 0.4) is 0 Å². The number of carbonyl (C=O) groups excluding carboxylic acids is 1. The van der Waals surface area contributed by atoms with Gasteiger partial charge in [-0.15, -0.1) is 0 Å². The molecule has 0 bridgehead atoms. The van der Waals surface area contributed by atoms with Crippen LogP contribution in [-0.4, -0.2) is 23.2 Å². The third kappa shape index (κ3) is 3.10. The Bertz CT molecular complexity index is 773. The van der Waals surface area contributed by atoms with E-state index in [2.05, 4.69) is 5.32 Å². The predicted molar refractivity (Wildman–Crippen MR) is 85.9 cm³/mol. The number of anilines is 1. The Hall–Kier alpha value is -2.66. The molecule has 1 amide bonds. The van der Waals surface area contributed by atoms with Crippen LogP contribution in [0.15, 0.2) is 48.5 Å². The summed E-state index contributed by atoms with van der Waals surface area (Å²) in [5.74, 6) is -0.645. The maximum absolute atomic E-state index is 14.2. The number of halogens is 1. The zero-order chi connectivity index (χ0) is 16.4. The van der Waals surface area contributed by atoms with Gasteiger partial charge in [-0.3, -0.25) is 4.79 Å². The van der Waals surface area contributed by atoms with Crippen LogP contribution in [0.5, 0.6) is 5.75 Å². The first kappa shape index (κ1) is 15.2. The third-order valence-electron chi connectivity index (χ3n) is 3.66. The fourth-order valence-electron chi connectivity index (χ4n) is 2.31. The molecule has 0 saturated carbocycles. The van der Waals surface area contributed by atoms with Crippen LogP contribution < -0.4 is 10.1 Å². The van der Waals surface area contributed by atoms with Gasteiger partial charge in [0.1, 0.15) is 17.2 Å². The molecule has 0 fully saturated rings. The van der Waals surface area contributed by atoms with Gasteiger partial charge in [0.05, 0.1) is 12.3 Å². The first-order valence-corrected chi connectivity index (χ1v) is 7.20. The Morgan fingerprint density at radius 2 is 2.04 bits per heavy atom. The second-order valence-corrected chi connectivity index (χ2v) is 5.60. The molecule has 1 aliphatic rings. The average Bonchev–Trinajstić information content (AvgIpc) is 2.56. The highest BCUT2D eigenvalue weighted by atomic mass is 19.1. The number of nitrogens with one attached hydrogen (secondary N) is 1. The lowest BCUT2D eigenvalue weighted by Gasteiger charge is -2.30. The topological polar surface area (TPSA) is 58.6 Å². The van der Waals surface area contributed by atoms with Crippen molar-refractivity contribution in [3.8, 4) is 5.75 Å². The molecule has 3 rings (SSSR count). The molecule has 1 aliphatic heterocycles. The number of ether oxygens (including phenoxy) is 1. The highest BCUT2D eigenvalue weighted by Crippen LogP contribution is 2.34. The maximum atomic E-state index is 14.2. The monoisotopic (exact) mass is 313 g/mol. The summed E-state index contributed by atoms with van der Waals surface area (Å²) in [6.07, 6.45) is 3.45. The van der Waals surface area contributed by atoms with E-state index in [9.17, 15) is 14.3 Å². The van der Waals surface area contributed by atoms with Gasteiger partial charge in [-0.05, 0) is 31.2 Å². The van der Waals surface area contributed by atoms with E-state index in [1.165, 1.54) is 12.1 Å². The fourth-order valence-corrected chi connectivity index (χ4v) is 2.31. The van der Waals surface area contributed by atoms with E-state index in [-0.39, 0.29) is 18.2 Å². The van der Waals surface area contributed by atoms with E-state index < -0.39 is 11.4 Å². The molecule has 1 atom stereocenters. The molecule has 2 aromatic carbocycles. The molecule has 0 saturated heterocycles. The van der Waals surface area contributed by atoms with Crippen molar-refractivity contribution in [2.45, 2.75) is 12.5 Å². The number of amides is 1. The minimum atomic E-state index is -0.867. The van der Waals surface area contributed by atoms with Gasteiger partial charge in [-0.2, -0.15) is 0 Å². The van der Waals surface area contributed by atoms with E-state index in [0.29, 0.717) is 16.9 Å². The molecule has 1 unspecified atom stereocenters. The molecule has 0 aliphatic carbocycles. The Kier molecular flexibility index (Phi) is 3.88. The lowest BCUT2D eigenvalue weighted by atomic mass is 10.0. The van der Waals surface area contributed by atoms with Crippen molar-refractivity contribution < 1.29 is 19.0 Å². The highest BCUT2D eigenvalue weighted by Gasteiger charge is 2.27. The molecular formula is C18H16FNO3. The standard InChI is InChI=1S/C18H16FNO3/c1-18(11-21)8-7-13-9-15(14(19)10-16(13)23-18)20-17(22)12-5-3-2-4-6-12/h2-10,21H,11H2,1H3,(H,20,22). The van der Waals surface area contributed by atoms with E-state index in [1.807, 2.05) is 0 Å². The molecule has 2 aromatic rings. The first-order valence-electron chi connectivity index (χ1n) is 7.20. The van der Waals surface area contributed by atoms with Crippen LogP contribution in [0.2, 0.25) is 0 Å². The van der Waals surface area contributed by atoms with E-state index in [0.717, 1.165) is 0 Å². The number of hydrogen-bond acceptors (Lipinski definition) is 3. The molecule has 0 radical (unpaired) electrons. The van der Waals surface area contributed by atoms with Gasteiger partial charge in [-0.1, -0.05) is 24.3 Å². The molecule has 118 valence electrons. The van der Waals surface area contributed by atoms with Crippen LogP contribution in [0.25, 0.3) is 6.08 Å². The Balaban J connectivity index is 1.87. The minimum Gasteiger partial charge on any atom is -0.480 e. The fraction of sp³-hybridized carbons (Fsp3) is 0.167. The summed E-state index contributed by atoms with van der Waals surface area (Å²) in [4.78, 5) is 12.1. The number of aliphatic hydroxyl groups excluding tert-OH is 1. The Morgan fingerprint density at radius 3 is 2.74 bits per heavy atom. The summed E-state index contributed by atoms with van der Waals surface area (Å²) in [6.45, 7) is 1.49. The summed E-state index contributed by atoms with van der Waals surface area (Å²) in [7, 11) is 0. The van der Waals surface area contributed by atoms with Crippen molar-refractivity contribution in [2.75, 3.05) is 11.9 Å². The number of aliphatic hydroxyl groups is 1. The molecule has 0 aromatic heterocycles. The maximum Gasteiger partial charge on any atom is 0.255 e. The second kappa shape index (κ2) is 5.85. The van der Waals surface area contributed by atoms with Gasteiger partial charge in [0.2, 0.25) is 0 Å². The van der Waals surface area contributed by atoms with Crippen LogP contribution in [0, 0.1) is 5.82 Å². The normalized spacial score (nSPS) is 18.9. The summed E-state index contributed by atoms with van der Waals surface area (Å²) >= 11 is 0. The van der Waals surface area contributed by atoms with Gasteiger partial charge in [0, 0.05) is 17.2 Å². The molecule has 5 heteroatoms. The van der Waals surface area contributed by atoms with Crippen molar-refractivity contribution in [3.63, 3.8) is 0 Å². The van der Waals surface area contributed by atoms with Crippen LogP contribution in [0.4, 0.5) is 10.1 Å². The van der Waals surface area contributed by atoms with Crippen molar-refractivity contribution in [2.24, 2.45) is 0 Å². The van der Waals surface area contributed by atoms with Gasteiger partial charge in [0.25, 0.3) is 5.91 Å². The molecular weight excluding hydrogens is 297 g/mol. The average molecular weight is 313 g/mol. The van der Waals surface area contributed by atoms with Gasteiger partial charge >= 0.3 is 0 Å². The first-order chi connectivity index (χ1) is 11.0. The van der Waals surface area contributed by atoms with Crippen LogP contribution in [-0.2, 0) is 0 Å².